The summed E-state index contributed by atoms with van der Waals surface area (Å²) in [6.07, 6.45) is 5.29. The third kappa shape index (κ3) is 5.00. The summed E-state index contributed by atoms with van der Waals surface area (Å²) in [7, 11) is 1.98. The number of hydrogen-bond donors (Lipinski definition) is 2. The summed E-state index contributed by atoms with van der Waals surface area (Å²) in [5.74, 6) is 0.871. The van der Waals surface area contributed by atoms with E-state index in [-0.39, 0.29) is 5.91 Å². The number of likely N-dealkylation sites (N-methyl/N-ethyl adjacent to an activating group) is 1. The van der Waals surface area contributed by atoms with Gasteiger partial charge in [0.25, 0.3) is 0 Å². The number of carbonyl (C=O) groups is 1. The molecular formula is C14H27N5O. The Morgan fingerprint density at radius 1 is 1.20 bits per heavy atom. The molecular weight excluding hydrogens is 254 g/mol. The maximum atomic E-state index is 11.8. The highest BCUT2D eigenvalue weighted by Gasteiger charge is 2.13. The Morgan fingerprint density at radius 3 is 2.60 bits per heavy atom. The molecule has 2 aliphatic rings. The van der Waals surface area contributed by atoms with Crippen LogP contribution in [0.15, 0.2) is 4.99 Å². The van der Waals surface area contributed by atoms with Crippen molar-refractivity contribution in [2.45, 2.75) is 25.7 Å². The number of likely N-dealkylation sites (tertiary alicyclic amines) is 1. The Morgan fingerprint density at radius 2 is 1.95 bits per heavy atom. The van der Waals surface area contributed by atoms with Gasteiger partial charge in [-0.15, -0.1) is 0 Å². The topological polar surface area (TPSA) is 60.0 Å². The van der Waals surface area contributed by atoms with Crippen LogP contribution in [0.1, 0.15) is 25.7 Å². The molecule has 1 fully saturated rings. The van der Waals surface area contributed by atoms with E-state index >= 15 is 0 Å². The molecule has 1 amide bonds. The van der Waals surface area contributed by atoms with E-state index in [0.29, 0.717) is 6.54 Å². The maximum absolute atomic E-state index is 11.8. The zero-order valence-corrected chi connectivity index (χ0v) is 12.5. The molecule has 2 N–H and O–H groups in total. The first kappa shape index (κ1) is 15.1. The number of amides is 1. The predicted molar refractivity (Wildman–Crippen MR) is 80.9 cm³/mol. The van der Waals surface area contributed by atoms with Gasteiger partial charge in [0.2, 0.25) is 5.91 Å². The molecule has 0 aliphatic carbocycles. The van der Waals surface area contributed by atoms with Crippen LogP contribution in [0.3, 0.4) is 0 Å². The molecule has 0 saturated carbocycles. The summed E-state index contributed by atoms with van der Waals surface area (Å²) in [5.41, 5.74) is 0. The second-order valence-electron chi connectivity index (χ2n) is 5.59. The van der Waals surface area contributed by atoms with Crippen molar-refractivity contribution in [3.8, 4) is 0 Å². The zero-order valence-electron chi connectivity index (χ0n) is 12.5. The molecule has 0 unspecified atom stereocenters. The monoisotopic (exact) mass is 281 g/mol. The Hall–Kier alpha value is -1.30. The van der Waals surface area contributed by atoms with E-state index in [4.69, 9.17) is 0 Å². The lowest BCUT2D eigenvalue weighted by Gasteiger charge is -2.20. The molecule has 0 aromatic rings. The van der Waals surface area contributed by atoms with E-state index in [1.54, 1.807) is 0 Å². The van der Waals surface area contributed by atoms with Gasteiger partial charge in [-0.3, -0.25) is 9.79 Å². The molecule has 1 saturated heterocycles. The van der Waals surface area contributed by atoms with Gasteiger partial charge in [0.05, 0.1) is 13.1 Å². The fraction of sp³-hybridized carbons (Fsp3) is 0.857. The molecule has 0 spiro atoms. The minimum atomic E-state index is 0.0443. The van der Waals surface area contributed by atoms with Crippen molar-refractivity contribution in [3.63, 3.8) is 0 Å². The van der Waals surface area contributed by atoms with Crippen LogP contribution in [0.2, 0.25) is 0 Å². The fourth-order valence-electron chi connectivity index (χ4n) is 2.66. The SMILES string of the molecule is CN1CCN=C1NCC(=O)NCCN1CCCCCC1. The van der Waals surface area contributed by atoms with Crippen molar-refractivity contribution >= 4 is 11.9 Å². The molecule has 6 heteroatoms. The van der Waals surface area contributed by atoms with Gasteiger partial charge >= 0.3 is 0 Å². The Kier molecular flexibility index (Phi) is 6.11. The number of nitrogens with one attached hydrogen (secondary N) is 2. The second kappa shape index (κ2) is 8.09. The van der Waals surface area contributed by atoms with Crippen molar-refractivity contribution in [3.05, 3.63) is 0 Å². The van der Waals surface area contributed by atoms with E-state index in [1.807, 2.05) is 11.9 Å². The highest BCUT2D eigenvalue weighted by Crippen LogP contribution is 2.08. The van der Waals surface area contributed by atoms with Crippen LogP contribution < -0.4 is 10.6 Å². The third-order valence-corrected chi connectivity index (χ3v) is 3.91. The maximum Gasteiger partial charge on any atom is 0.239 e. The summed E-state index contributed by atoms with van der Waals surface area (Å²) in [6, 6.07) is 0. The normalized spacial score (nSPS) is 20.4. The van der Waals surface area contributed by atoms with Gasteiger partial charge < -0.3 is 20.4 Å². The predicted octanol–water partition coefficient (Wildman–Crippen LogP) is -0.130. The van der Waals surface area contributed by atoms with Crippen LogP contribution in [0.5, 0.6) is 0 Å². The van der Waals surface area contributed by atoms with Gasteiger partial charge in [-0.1, -0.05) is 12.8 Å². The highest BCUT2D eigenvalue weighted by molar-refractivity contribution is 5.87. The lowest BCUT2D eigenvalue weighted by atomic mass is 10.2. The highest BCUT2D eigenvalue weighted by atomic mass is 16.1. The van der Waals surface area contributed by atoms with Crippen LogP contribution in [-0.2, 0) is 4.79 Å². The Balaban J connectivity index is 1.55. The van der Waals surface area contributed by atoms with Gasteiger partial charge in [-0.25, -0.2) is 0 Å². The third-order valence-electron chi connectivity index (χ3n) is 3.91. The number of nitrogens with zero attached hydrogens (tertiary/aromatic N) is 3. The molecule has 0 atom stereocenters. The molecule has 6 nitrogen and oxygen atoms in total. The summed E-state index contributed by atoms with van der Waals surface area (Å²) >= 11 is 0. The average molecular weight is 281 g/mol. The van der Waals surface area contributed by atoms with E-state index < -0.39 is 0 Å². The Bertz CT molecular complexity index is 336. The van der Waals surface area contributed by atoms with Crippen LogP contribution in [0, 0.1) is 0 Å². The summed E-state index contributed by atoms with van der Waals surface area (Å²) in [6.45, 7) is 6.11. The molecule has 0 aromatic carbocycles. The van der Waals surface area contributed by atoms with Crippen molar-refractivity contribution in [2.75, 3.05) is 52.9 Å². The molecule has 114 valence electrons. The van der Waals surface area contributed by atoms with Crippen molar-refractivity contribution in [1.82, 2.24) is 20.4 Å². The minimum absolute atomic E-state index is 0.0443. The first-order valence-electron chi connectivity index (χ1n) is 7.74. The van der Waals surface area contributed by atoms with Crippen LogP contribution in [0.25, 0.3) is 0 Å². The van der Waals surface area contributed by atoms with Crippen LogP contribution in [-0.4, -0.2) is 74.5 Å². The first-order valence-corrected chi connectivity index (χ1v) is 7.74. The second-order valence-corrected chi connectivity index (χ2v) is 5.59. The van der Waals surface area contributed by atoms with E-state index in [0.717, 1.165) is 32.1 Å². The number of hydrogen-bond acceptors (Lipinski definition) is 5. The smallest absolute Gasteiger partial charge is 0.239 e. The van der Waals surface area contributed by atoms with Gasteiger partial charge in [0, 0.05) is 26.7 Å². The standard InChI is InChI=1S/C14H27N5O/c1-18-10-6-16-14(18)17-12-13(20)15-7-11-19-8-4-2-3-5-9-19/h2-12H2,1H3,(H,15,20)(H,16,17). The molecule has 2 heterocycles. The largest absolute Gasteiger partial charge is 0.353 e. The summed E-state index contributed by atoms with van der Waals surface area (Å²) in [5, 5.41) is 6.05. The minimum Gasteiger partial charge on any atom is -0.353 e. The summed E-state index contributed by atoms with van der Waals surface area (Å²) < 4.78 is 0. The lowest BCUT2D eigenvalue weighted by Crippen LogP contribution is -2.43. The number of guanidine groups is 1. The zero-order chi connectivity index (χ0) is 14.2. The average Bonchev–Trinajstić information content (AvgIpc) is 2.69. The lowest BCUT2D eigenvalue weighted by molar-refractivity contribution is -0.120. The van der Waals surface area contributed by atoms with Gasteiger partial charge in [0.15, 0.2) is 5.96 Å². The van der Waals surface area contributed by atoms with Crippen molar-refractivity contribution in [1.29, 1.82) is 0 Å². The molecule has 20 heavy (non-hydrogen) atoms. The molecule has 0 aromatic heterocycles. The molecule has 2 rings (SSSR count). The van der Waals surface area contributed by atoms with Crippen molar-refractivity contribution in [2.24, 2.45) is 4.99 Å². The molecule has 0 radical (unpaired) electrons. The molecule has 0 bridgehead atoms. The van der Waals surface area contributed by atoms with Crippen molar-refractivity contribution < 1.29 is 4.79 Å². The first-order chi connectivity index (χ1) is 9.75. The number of aliphatic imine (C=N–C) groups is 1. The van der Waals surface area contributed by atoms with Gasteiger partial charge in [0.1, 0.15) is 0 Å². The van der Waals surface area contributed by atoms with Gasteiger partial charge in [-0.05, 0) is 25.9 Å². The van der Waals surface area contributed by atoms with Gasteiger partial charge in [-0.2, -0.15) is 0 Å². The number of carbonyl (C=O) groups excluding carboxylic acids is 1. The quantitative estimate of drug-likeness (QED) is 0.737. The molecule has 2 aliphatic heterocycles. The van der Waals surface area contributed by atoms with E-state index in [9.17, 15) is 4.79 Å². The van der Waals surface area contributed by atoms with Crippen LogP contribution >= 0.6 is 0 Å². The summed E-state index contributed by atoms with van der Waals surface area (Å²) in [4.78, 5) is 20.5. The van der Waals surface area contributed by atoms with E-state index in [1.165, 1.54) is 38.8 Å². The fourth-order valence-corrected chi connectivity index (χ4v) is 2.66. The number of rotatable bonds is 5. The van der Waals surface area contributed by atoms with E-state index in [2.05, 4.69) is 20.5 Å². The van der Waals surface area contributed by atoms with Crippen LogP contribution in [0.4, 0.5) is 0 Å². The Labute approximate surface area is 121 Å².